The molecule has 0 radical (unpaired) electrons. The van der Waals surface area contributed by atoms with Gasteiger partial charge in [-0.3, -0.25) is 4.79 Å². The topological polar surface area (TPSA) is 68.7 Å². The number of fused-ring (bicyclic) bond motifs is 1. The van der Waals surface area contributed by atoms with Crippen LogP contribution in [0, 0.1) is 11.3 Å². The Morgan fingerprint density at radius 3 is 2.83 bits per heavy atom. The third-order valence-electron chi connectivity index (χ3n) is 3.37. The second kappa shape index (κ2) is 6.39. The fourth-order valence-electron chi connectivity index (χ4n) is 2.28. The van der Waals surface area contributed by atoms with Crippen LogP contribution in [0.15, 0.2) is 60.3 Å². The summed E-state index contributed by atoms with van der Waals surface area (Å²) in [5.41, 5.74) is 2.31. The summed E-state index contributed by atoms with van der Waals surface area (Å²) in [6.07, 6.45) is 3.34. The Bertz CT molecular complexity index is 950. The van der Waals surface area contributed by atoms with Crippen LogP contribution in [-0.4, -0.2) is 10.9 Å². The van der Waals surface area contributed by atoms with Gasteiger partial charge in [-0.05, 0) is 30.3 Å². The number of aromatic amines is 1. The van der Waals surface area contributed by atoms with Crippen molar-refractivity contribution in [1.82, 2.24) is 4.98 Å². The van der Waals surface area contributed by atoms with E-state index in [1.807, 2.05) is 30.3 Å². The van der Waals surface area contributed by atoms with Crippen LogP contribution in [-0.2, 0) is 4.79 Å². The van der Waals surface area contributed by atoms with Crippen LogP contribution >= 0.6 is 11.6 Å². The van der Waals surface area contributed by atoms with E-state index in [1.54, 1.807) is 36.5 Å². The van der Waals surface area contributed by atoms with E-state index >= 15 is 0 Å². The van der Waals surface area contributed by atoms with E-state index in [0.29, 0.717) is 10.7 Å². The predicted molar refractivity (Wildman–Crippen MR) is 92.0 cm³/mol. The lowest BCUT2D eigenvalue weighted by Gasteiger charge is -2.04. The largest absolute Gasteiger partial charge is 0.361 e. The molecule has 0 saturated carbocycles. The van der Waals surface area contributed by atoms with Crippen LogP contribution in [0.2, 0.25) is 5.02 Å². The fraction of sp³-hybridized carbons (Fsp3) is 0. The number of carbonyl (C=O) groups is 1. The summed E-state index contributed by atoms with van der Waals surface area (Å²) >= 11 is 5.89. The van der Waals surface area contributed by atoms with Gasteiger partial charge in [0.05, 0.1) is 0 Å². The van der Waals surface area contributed by atoms with Crippen LogP contribution in [0.3, 0.4) is 0 Å². The normalized spacial score (nSPS) is 11.2. The summed E-state index contributed by atoms with van der Waals surface area (Å²) in [5.74, 6) is -0.472. The zero-order valence-electron chi connectivity index (χ0n) is 12.0. The molecule has 4 nitrogen and oxygen atoms in total. The number of rotatable bonds is 3. The monoisotopic (exact) mass is 321 g/mol. The highest BCUT2D eigenvalue weighted by Gasteiger charge is 2.11. The van der Waals surface area contributed by atoms with Crippen LogP contribution < -0.4 is 5.32 Å². The number of hydrogen-bond donors (Lipinski definition) is 2. The maximum absolute atomic E-state index is 12.3. The van der Waals surface area contributed by atoms with Gasteiger partial charge in [-0.15, -0.1) is 0 Å². The number of H-pyrrole nitrogens is 1. The number of amides is 1. The van der Waals surface area contributed by atoms with Gasteiger partial charge in [0.2, 0.25) is 0 Å². The number of hydrogen-bond acceptors (Lipinski definition) is 2. The Kier molecular flexibility index (Phi) is 4.13. The zero-order valence-corrected chi connectivity index (χ0v) is 12.8. The summed E-state index contributed by atoms with van der Waals surface area (Å²) in [6, 6.07) is 16.4. The molecule has 0 aliphatic heterocycles. The van der Waals surface area contributed by atoms with Crippen molar-refractivity contribution in [3.63, 3.8) is 0 Å². The smallest absolute Gasteiger partial charge is 0.266 e. The molecule has 0 aliphatic rings. The molecule has 1 amide bonds. The van der Waals surface area contributed by atoms with Crippen LogP contribution in [0.25, 0.3) is 17.0 Å². The van der Waals surface area contributed by atoms with Crippen molar-refractivity contribution in [2.45, 2.75) is 0 Å². The van der Waals surface area contributed by atoms with Crippen molar-refractivity contribution >= 4 is 40.2 Å². The standard InChI is InChI=1S/C18H12ClN3O/c19-14-4-3-5-15(9-14)22-18(23)12(10-20)8-13-11-21-17-7-2-1-6-16(13)17/h1-9,11,21H,(H,22,23)/b12-8+. The van der Waals surface area contributed by atoms with Gasteiger partial charge >= 0.3 is 0 Å². The Hall–Kier alpha value is -3.03. The Morgan fingerprint density at radius 2 is 2.04 bits per heavy atom. The molecule has 2 N–H and O–H groups in total. The predicted octanol–water partition coefficient (Wildman–Crippen LogP) is 4.37. The highest BCUT2D eigenvalue weighted by Crippen LogP contribution is 2.21. The number of nitriles is 1. The number of anilines is 1. The van der Waals surface area contributed by atoms with E-state index in [2.05, 4.69) is 10.3 Å². The molecule has 5 heteroatoms. The second-order valence-corrected chi connectivity index (χ2v) is 5.36. The Labute approximate surface area is 138 Å². The highest BCUT2D eigenvalue weighted by molar-refractivity contribution is 6.31. The van der Waals surface area contributed by atoms with Crippen LogP contribution in [0.4, 0.5) is 5.69 Å². The molecule has 23 heavy (non-hydrogen) atoms. The maximum Gasteiger partial charge on any atom is 0.266 e. The number of carbonyl (C=O) groups excluding carboxylic acids is 1. The average Bonchev–Trinajstić information content (AvgIpc) is 2.95. The molecule has 1 heterocycles. The molecule has 0 aliphatic carbocycles. The van der Waals surface area contributed by atoms with Crippen molar-refractivity contribution in [2.75, 3.05) is 5.32 Å². The third kappa shape index (κ3) is 3.25. The lowest BCUT2D eigenvalue weighted by atomic mass is 10.1. The molecular weight excluding hydrogens is 310 g/mol. The van der Waals surface area contributed by atoms with Gasteiger partial charge in [0.1, 0.15) is 11.6 Å². The summed E-state index contributed by atoms with van der Waals surface area (Å²) in [6.45, 7) is 0. The summed E-state index contributed by atoms with van der Waals surface area (Å²) in [4.78, 5) is 15.4. The van der Waals surface area contributed by atoms with Gasteiger partial charge in [-0.1, -0.05) is 35.9 Å². The van der Waals surface area contributed by atoms with Gasteiger partial charge in [0.25, 0.3) is 5.91 Å². The Balaban J connectivity index is 1.90. The van der Waals surface area contributed by atoms with Crippen molar-refractivity contribution in [3.05, 3.63) is 70.9 Å². The minimum absolute atomic E-state index is 0.0229. The van der Waals surface area contributed by atoms with Crippen molar-refractivity contribution in [3.8, 4) is 6.07 Å². The van der Waals surface area contributed by atoms with Crippen molar-refractivity contribution in [2.24, 2.45) is 0 Å². The number of aromatic nitrogens is 1. The van der Waals surface area contributed by atoms with Gasteiger partial charge in [0, 0.05) is 33.4 Å². The second-order valence-electron chi connectivity index (χ2n) is 4.92. The molecular formula is C18H12ClN3O. The first-order chi connectivity index (χ1) is 11.2. The molecule has 112 valence electrons. The molecule has 3 aromatic rings. The minimum Gasteiger partial charge on any atom is -0.361 e. The molecule has 0 bridgehead atoms. The van der Waals surface area contributed by atoms with E-state index in [1.165, 1.54) is 0 Å². The zero-order chi connectivity index (χ0) is 16.2. The summed E-state index contributed by atoms with van der Waals surface area (Å²) < 4.78 is 0. The fourth-order valence-corrected chi connectivity index (χ4v) is 2.47. The first-order valence-electron chi connectivity index (χ1n) is 6.92. The number of nitrogens with zero attached hydrogens (tertiary/aromatic N) is 1. The van der Waals surface area contributed by atoms with E-state index in [0.717, 1.165) is 16.5 Å². The van der Waals surface area contributed by atoms with Gasteiger partial charge in [-0.25, -0.2) is 0 Å². The van der Waals surface area contributed by atoms with E-state index < -0.39 is 5.91 Å². The maximum atomic E-state index is 12.3. The molecule has 0 spiro atoms. The van der Waals surface area contributed by atoms with Crippen LogP contribution in [0.5, 0.6) is 0 Å². The molecule has 0 saturated heterocycles. The Morgan fingerprint density at radius 1 is 1.22 bits per heavy atom. The quantitative estimate of drug-likeness (QED) is 0.555. The van der Waals surface area contributed by atoms with E-state index in [-0.39, 0.29) is 5.57 Å². The van der Waals surface area contributed by atoms with Crippen molar-refractivity contribution in [1.29, 1.82) is 5.26 Å². The number of para-hydroxylation sites is 1. The first-order valence-corrected chi connectivity index (χ1v) is 7.30. The van der Waals surface area contributed by atoms with Crippen molar-refractivity contribution < 1.29 is 4.79 Å². The number of benzene rings is 2. The van der Waals surface area contributed by atoms with Gasteiger partial charge < -0.3 is 10.3 Å². The lowest BCUT2D eigenvalue weighted by molar-refractivity contribution is -0.112. The summed E-state index contributed by atoms with van der Waals surface area (Å²) in [7, 11) is 0. The van der Waals surface area contributed by atoms with Crippen LogP contribution in [0.1, 0.15) is 5.56 Å². The summed E-state index contributed by atoms with van der Waals surface area (Å²) in [5, 5.41) is 13.4. The average molecular weight is 322 g/mol. The number of nitrogens with one attached hydrogen (secondary N) is 2. The highest BCUT2D eigenvalue weighted by atomic mass is 35.5. The third-order valence-corrected chi connectivity index (χ3v) is 3.60. The first kappa shape index (κ1) is 14.9. The van der Waals surface area contributed by atoms with Gasteiger partial charge in [-0.2, -0.15) is 5.26 Å². The molecule has 0 fully saturated rings. The lowest BCUT2D eigenvalue weighted by Crippen LogP contribution is -2.13. The molecule has 3 rings (SSSR count). The molecule has 2 aromatic carbocycles. The minimum atomic E-state index is -0.472. The molecule has 0 atom stereocenters. The van der Waals surface area contributed by atoms with E-state index in [9.17, 15) is 10.1 Å². The molecule has 1 aromatic heterocycles. The van der Waals surface area contributed by atoms with Gasteiger partial charge in [0.15, 0.2) is 0 Å². The SMILES string of the molecule is N#C/C(=C\c1c[nH]c2ccccc12)C(=O)Nc1cccc(Cl)c1. The number of halogens is 1. The molecule has 0 unspecified atom stereocenters. The van der Waals surface area contributed by atoms with E-state index in [4.69, 9.17) is 11.6 Å².